The first-order valence-corrected chi connectivity index (χ1v) is 6.43. The molecule has 0 aromatic heterocycles. The van der Waals surface area contributed by atoms with Crippen LogP contribution in [0.15, 0.2) is 43.0 Å². The zero-order chi connectivity index (χ0) is 13.0. The van der Waals surface area contributed by atoms with Crippen LogP contribution in [0.1, 0.15) is 24.8 Å². The van der Waals surface area contributed by atoms with Crippen LogP contribution in [0.25, 0.3) is 0 Å². The lowest BCUT2D eigenvalue weighted by Gasteiger charge is -2.25. The molecular weight excluding hydrogens is 224 g/mol. The van der Waals surface area contributed by atoms with Gasteiger partial charge in [0.25, 0.3) is 0 Å². The quantitative estimate of drug-likeness (QED) is 0.779. The van der Waals surface area contributed by atoms with E-state index in [1.54, 1.807) is 6.08 Å². The number of hydrogen-bond donors (Lipinski definition) is 1. The number of benzene rings is 1. The number of amides is 1. The smallest absolute Gasteiger partial charge is 0.240 e. The predicted octanol–water partition coefficient (Wildman–Crippen LogP) is 2.08. The number of hydrogen-bond acceptors (Lipinski definition) is 2. The van der Waals surface area contributed by atoms with Gasteiger partial charge in [-0.3, -0.25) is 4.79 Å². The van der Waals surface area contributed by atoms with Gasteiger partial charge in [0.15, 0.2) is 0 Å². The van der Waals surface area contributed by atoms with Crippen molar-refractivity contribution in [1.82, 2.24) is 4.90 Å². The van der Waals surface area contributed by atoms with Crippen molar-refractivity contribution in [1.29, 1.82) is 0 Å². The topological polar surface area (TPSA) is 46.3 Å². The molecule has 1 atom stereocenters. The zero-order valence-corrected chi connectivity index (χ0v) is 10.6. The van der Waals surface area contributed by atoms with Crippen molar-refractivity contribution in [2.24, 2.45) is 5.73 Å². The van der Waals surface area contributed by atoms with Crippen molar-refractivity contribution in [2.75, 3.05) is 0 Å². The molecule has 0 radical (unpaired) electrons. The molecule has 3 nitrogen and oxygen atoms in total. The average Bonchev–Trinajstić information content (AvgIpc) is 3.21. The van der Waals surface area contributed by atoms with Crippen molar-refractivity contribution in [3.63, 3.8) is 0 Å². The van der Waals surface area contributed by atoms with Gasteiger partial charge in [0.1, 0.15) is 0 Å². The van der Waals surface area contributed by atoms with Crippen LogP contribution < -0.4 is 5.73 Å². The lowest BCUT2D eigenvalue weighted by atomic mass is 10.1. The summed E-state index contributed by atoms with van der Waals surface area (Å²) in [6, 6.07) is 9.99. The maximum absolute atomic E-state index is 12.3. The number of carbonyl (C=O) groups is 1. The summed E-state index contributed by atoms with van der Waals surface area (Å²) in [7, 11) is 0. The van der Waals surface area contributed by atoms with Gasteiger partial charge < -0.3 is 10.6 Å². The summed E-state index contributed by atoms with van der Waals surface area (Å²) in [5.74, 6) is 0.0428. The molecule has 0 aliphatic heterocycles. The van der Waals surface area contributed by atoms with Crippen molar-refractivity contribution in [3.05, 3.63) is 48.6 Å². The van der Waals surface area contributed by atoms with E-state index in [0.717, 1.165) is 18.4 Å². The van der Waals surface area contributed by atoms with E-state index in [-0.39, 0.29) is 5.91 Å². The Bertz CT molecular complexity index is 412. The lowest BCUT2D eigenvalue weighted by molar-refractivity contribution is -0.133. The third kappa shape index (κ3) is 3.20. The van der Waals surface area contributed by atoms with Gasteiger partial charge >= 0.3 is 0 Å². The van der Waals surface area contributed by atoms with Gasteiger partial charge in [-0.15, -0.1) is 6.58 Å². The Kier molecular flexibility index (Phi) is 4.15. The lowest BCUT2D eigenvalue weighted by Crippen LogP contribution is -2.44. The van der Waals surface area contributed by atoms with E-state index in [0.29, 0.717) is 19.0 Å². The van der Waals surface area contributed by atoms with E-state index in [2.05, 4.69) is 6.58 Å². The number of nitrogens with two attached hydrogens (primary N) is 1. The van der Waals surface area contributed by atoms with Crippen molar-refractivity contribution < 1.29 is 4.79 Å². The molecule has 1 amide bonds. The summed E-state index contributed by atoms with van der Waals surface area (Å²) < 4.78 is 0. The third-order valence-corrected chi connectivity index (χ3v) is 3.20. The molecule has 1 unspecified atom stereocenters. The fraction of sp³-hybridized carbons (Fsp3) is 0.400. The second-order valence-corrected chi connectivity index (χ2v) is 4.81. The first-order chi connectivity index (χ1) is 8.72. The molecule has 18 heavy (non-hydrogen) atoms. The van der Waals surface area contributed by atoms with Crippen molar-refractivity contribution >= 4 is 5.91 Å². The number of nitrogens with zero attached hydrogens (tertiary/aromatic N) is 1. The van der Waals surface area contributed by atoms with Gasteiger partial charge in [-0.05, 0) is 24.8 Å². The summed E-state index contributed by atoms with van der Waals surface area (Å²) in [6.45, 7) is 4.30. The molecule has 0 bridgehead atoms. The van der Waals surface area contributed by atoms with Crippen LogP contribution in [-0.4, -0.2) is 22.9 Å². The molecule has 1 aromatic carbocycles. The Morgan fingerprint density at radius 1 is 1.44 bits per heavy atom. The summed E-state index contributed by atoms with van der Waals surface area (Å²) >= 11 is 0. The van der Waals surface area contributed by atoms with E-state index in [1.807, 2.05) is 35.2 Å². The molecule has 2 N–H and O–H groups in total. The van der Waals surface area contributed by atoms with Crippen LogP contribution in [0, 0.1) is 0 Å². The maximum atomic E-state index is 12.3. The van der Waals surface area contributed by atoms with E-state index in [9.17, 15) is 4.79 Å². The predicted molar refractivity (Wildman–Crippen MR) is 72.8 cm³/mol. The van der Waals surface area contributed by atoms with Crippen LogP contribution in [0.5, 0.6) is 0 Å². The highest BCUT2D eigenvalue weighted by molar-refractivity contribution is 5.82. The molecule has 0 spiro atoms. The molecule has 1 aliphatic rings. The average molecular weight is 244 g/mol. The van der Waals surface area contributed by atoms with Gasteiger partial charge in [-0.25, -0.2) is 0 Å². The third-order valence-electron chi connectivity index (χ3n) is 3.20. The van der Waals surface area contributed by atoms with Gasteiger partial charge in [0.2, 0.25) is 5.91 Å². The normalized spacial score (nSPS) is 16.1. The highest BCUT2D eigenvalue weighted by atomic mass is 16.2. The highest BCUT2D eigenvalue weighted by Gasteiger charge is 2.34. The van der Waals surface area contributed by atoms with Gasteiger partial charge in [0.05, 0.1) is 6.04 Å². The van der Waals surface area contributed by atoms with E-state index >= 15 is 0 Å². The first kappa shape index (κ1) is 12.8. The van der Waals surface area contributed by atoms with Crippen LogP contribution in [0.3, 0.4) is 0 Å². The fourth-order valence-electron chi connectivity index (χ4n) is 2.05. The zero-order valence-electron chi connectivity index (χ0n) is 10.6. The fourth-order valence-corrected chi connectivity index (χ4v) is 2.05. The highest BCUT2D eigenvalue weighted by Crippen LogP contribution is 2.29. The van der Waals surface area contributed by atoms with Gasteiger partial charge in [-0.2, -0.15) is 0 Å². The monoisotopic (exact) mass is 244 g/mol. The summed E-state index contributed by atoms with van der Waals surface area (Å²) in [6.07, 6.45) is 4.44. The van der Waals surface area contributed by atoms with Crippen LogP contribution in [0.4, 0.5) is 0 Å². The van der Waals surface area contributed by atoms with Gasteiger partial charge in [-0.1, -0.05) is 36.4 Å². The van der Waals surface area contributed by atoms with Crippen LogP contribution >= 0.6 is 0 Å². The van der Waals surface area contributed by atoms with Crippen molar-refractivity contribution in [2.45, 2.75) is 37.9 Å². The van der Waals surface area contributed by atoms with E-state index in [4.69, 9.17) is 5.73 Å². The Morgan fingerprint density at radius 2 is 2.11 bits per heavy atom. The SMILES string of the molecule is C=CCC(N)C(=O)N(Cc1ccccc1)C1CC1. The Labute approximate surface area is 108 Å². The maximum Gasteiger partial charge on any atom is 0.240 e. The summed E-state index contributed by atoms with van der Waals surface area (Å²) in [5, 5.41) is 0. The largest absolute Gasteiger partial charge is 0.334 e. The molecule has 1 aromatic rings. The minimum atomic E-state index is -0.452. The molecule has 1 aliphatic carbocycles. The molecular formula is C15H20N2O. The standard InChI is InChI=1S/C15H20N2O/c1-2-6-14(16)15(18)17(13-9-10-13)11-12-7-4-3-5-8-12/h2-5,7-8,13-14H,1,6,9-11,16H2. The minimum Gasteiger partial charge on any atom is -0.334 e. The first-order valence-electron chi connectivity index (χ1n) is 6.43. The minimum absolute atomic E-state index is 0.0428. The molecule has 0 saturated heterocycles. The summed E-state index contributed by atoms with van der Waals surface area (Å²) in [4.78, 5) is 14.2. The van der Waals surface area contributed by atoms with Crippen molar-refractivity contribution in [3.8, 4) is 0 Å². The molecule has 1 saturated carbocycles. The molecule has 3 heteroatoms. The number of carbonyl (C=O) groups excluding carboxylic acids is 1. The Hall–Kier alpha value is -1.61. The van der Waals surface area contributed by atoms with E-state index < -0.39 is 6.04 Å². The molecule has 96 valence electrons. The number of rotatable bonds is 6. The molecule has 0 heterocycles. The summed E-state index contributed by atoms with van der Waals surface area (Å²) in [5.41, 5.74) is 7.04. The molecule has 1 fully saturated rings. The van der Waals surface area contributed by atoms with Crippen LogP contribution in [0.2, 0.25) is 0 Å². The molecule has 2 rings (SSSR count). The Morgan fingerprint density at radius 3 is 2.67 bits per heavy atom. The van der Waals surface area contributed by atoms with E-state index in [1.165, 1.54) is 0 Å². The second kappa shape index (κ2) is 5.83. The second-order valence-electron chi connectivity index (χ2n) is 4.81. The van der Waals surface area contributed by atoms with Gasteiger partial charge in [0, 0.05) is 12.6 Å². The van der Waals surface area contributed by atoms with Crippen LogP contribution in [-0.2, 0) is 11.3 Å². The Balaban J connectivity index is 2.04.